The Morgan fingerprint density at radius 3 is 1.94 bits per heavy atom. The first-order chi connectivity index (χ1) is 7.79. The maximum Gasteiger partial charge on any atom is 0.000975 e. The van der Waals surface area contributed by atoms with Gasteiger partial charge < -0.3 is 9.80 Å². The summed E-state index contributed by atoms with van der Waals surface area (Å²) in [6.07, 6.45) is 4.35. The van der Waals surface area contributed by atoms with Gasteiger partial charge in [0.2, 0.25) is 0 Å². The molecule has 0 aromatic rings. The molecule has 96 valence electrons. The number of hydrogen-bond acceptors (Lipinski definition) is 2. The van der Waals surface area contributed by atoms with Gasteiger partial charge in [0.1, 0.15) is 0 Å². The summed E-state index contributed by atoms with van der Waals surface area (Å²) in [5.74, 6) is 2.04. The zero-order valence-corrected chi connectivity index (χ0v) is 11.7. The van der Waals surface area contributed by atoms with E-state index in [0.29, 0.717) is 0 Å². The molecule has 2 heteroatoms. The highest BCUT2D eigenvalue weighted by Crippen LogP contribution is 2.30. The third-order valence-corrected chi connectivity index (χ3v) is 4.17. The maximum absolute atomic E-state index is 2.59. The van der Waals surface area contributed by atoms with Gasteiger partial charge in [0.15, 0.2) is 0 Å². The summed E-state index contributed by atoms with van der Waals surface area (Å²) in [6, 6.07) is 0. The summed E-state index contributed by atoms with van der Waals surface area (Å²) in [7, 11) is 2.27. The van der Waals surface area contributed by atoms with Crippen molar-refractivity contribution in [3.05, 3.63) is 0 Å². The molecule has 2 nitrogen and oxygen atoms in total. The maximum atomic E-state index is 2.59. The number of hydrogen-bond donors (Lipinski definition) is 0. The monoisotopic (exact) mass is 226 g/mol. The van der Waals surface area contributed by atoms with E-state index >= 15 is 0 Å². The summed E-state index contributed by atoms with van der Waals surface area (Å²) in [5.41, 5.74) is 0. The first-order valence-corrected chi connectivity index (χ1v) is 7.20. The van der Waals surface area contributed by atoms with Crippen LogP contribution in [0.2, 0.25) is 0 Å². The molecule has 0 radical (unpaired) electrons. The second-order valence-electron chi connectivity index (χ2n) is 5.08. The number of nitrogens with zero attached hydrogens (tertiary/aromatic N) is 2. The lowest BCUT2D eigenvalue weighted by Gasteiger charge is -2.34. The van der Waals surface area contributed by atoms with E-state index in [1.165, 1.54) is 52.0 Å². The minimum atomic E-state index is 1.01. The lowest BCUT2D eigenvalue weighted by molar-refractivity contribution is 0.154. The molecule has 0 aliphatic carbocycles. The van der Waals surface area contributed by atoms with Gasteiger partial charge in [-0.05, 0) is 64.3 Å². The molecule has 2 heterocycles. The highest BCUT2D eigenvalue weighted by molar-refractivity contribution is 4.83. The molecule has 2 aliphatic heterocycles. The molecule has 0 spiro atoms. The minimum Gasteiger partial charge on any atom is -0.306 e. The Morgan fingerprint density at radius 2 is 1.50 bits per heavy atom. The molecule has 2 fully saturated rings. The Balaban J connectivity index is 0.000000606. The fourth-order valence-corrected chi connectivity index (χ4v) is 3.09. The summed E-state index contributed by atoms with van der Waals surface area (Å²) < 4.78 is 0. The van der Waals surface area contributed by atoms with Gasteiger partial charge in [0, 0.05) is 6.54 Å². The van der Waals surface area contributed by atoms with Crippen LogP contribution in [0.4, 0.5) is 0 Å². The largest absolute Gasteiger partial charge is 0.306 e. The van der Waals surface area contributed by atoms with Crippen molar-refractivity contribution in [2.45, 2.75) is 40.0 Å². The van der Waals surface area contributed by atoms with Crippen molar-refractivity contribution >= 4 is 0 Å². The third-order valence-electron chi connectivity index (χ3n) is 4.17. The van der Waals surface area contributed by atoms with Crippen LogP contribution < -0.4 is 0 Å². The van der Waals surface area contributed by atoms with E-state index in [-0.39, 0.29) is 0 Å². The predicted molar refractivity (Wildman–Crippen MR) is 71.8 cm³/mol. The van der Waals surface area contributed by atoms with Crippen LogP contribution in [-0.4, -0.2) is 49.6 Å². The Hall–Kier alpha value is -0.0800. The van der Waals surface area contributed by atoms with E-state index in [2.05, 4.69) is 23.8 Å². The minimum absolute atomic E-state index is 1.01. The van der Waals surface area contributed by atoms with E-state index in [1.54, 1.807) is 0 Å². The Labute approximate surface area is 102 Å². The molecule has 2 rings (SSSR count). The van der Waals surface area contributed by atoms with Crippen LogP contribution in [0.25, 0.3) is 0 Å². The molecule has 2 saturated heterocycles. The highest BCUT2D eigenvalue weighted by Gasteiger charge is 2.29. The van der Waals surface area contributed by atoms with Gasteiger partial charge in [0.05, 0.1) is 0 Å². The van der Waals surface area contributed by atoms with Crippen LogP contribution in [0.3, 0.4) is 0 Å². The third kappa shape index (κ3) is 3.74. The van der Waals surface area contributed by atoms with Crippen LogP contribution >= 0.6 is 0 Å². The highest BCUT2D eigenvalue weighted by atomic mass is 15.1. The van der Waals surface area contributed by atoms with E-state index in [1.807, 2.05) is 13.8 Å². The van der Waals surface area contributed by atoms with Crippen molar-refractivity contribution < 1.29 is 0 Å². The van der Waals surface area contributed by atoms with Crippen LogP contribution in [0.5, 0.6) is 0 Å². The summed E-state index contributed by atoms with van der Waals surface area (Å²) in [6.45, 7) is 12.9. The SMILES string of the molecule is CC.CCN1CCC(C2CCN(C)C2)CC1. The van der Waals surface area contributed by atoms with Gasteiger partial charge in [-0.2, -0.15) is 0 Å². The standard InChI is InChI=1S/C12H24N2.C2H6/c1-3-14-8-5-11(6-9-14)12-4-7-13(2)10-12;1-2/h11-12H,3-10H2,1-2H3;1-2H3. The van der Waals surface area contributed by atoms with E-state index < -0.39 is 0 Å². The normalized spacial score (nSPS) is 28.9. The molecule has 0 aromatic heterocycles. The predicted octanol–water partition coefficient (Wildman–Crippen LogP) is 2.70. The van der Waals surface area contributed by atoms with E-state index in [0.717, 1.165) is 11.8 Å². The van der Waals surface area contributed by atoms with Crippen molar-refractivity contribution in [2.75, 3.05) is 39.8 Å². The van der Waals surface area contributed by atoms with Crippen LogP contribution in [0.1, 0.15) is 40.0 Å². The van der Waals surface area contributed by atoms with E-state index in [4.69, 9.17) is 0 Å². The zero-order valence-electron chi connectivity index (χ0n) is 11.7. The van der Waals surface area contributed by atoms with Crippen LogP contribution in [0.15, 0.2) is 0 Å². The number of likely N-dealkylation sites (tertiary alicyclic amines) is 2. The van der Waals surface area contributed by atoms with Gasteiger partial charge in [-0.1, -0.05) is 20.8 Å². The number of rotatable bonds is 2. The quantitative estimate of drug-likeness (QED) is 0.714. The smallest absolute Gasteiger partial charge is 0.000975 e. The lowest BCUT2D eigenvalue weighted by Crippen LogP contribution is -2.36. The molecule has 0 saturated carbocycles. The van der Waals surface area contributed by atoms with Crippen molar-refractivity contribution in [1.82, 2.24) is 9.80 Å². The van der Waals surface area contributed by atoms with Gasteiger partial charge in [-0.25, -0.2) is 0 Å². The van der Waals surface area contributed by atoms with Crippen molar-refractivity contribution in [1.29, 1.82) is 0 Å². The summed E-state index contributed by atoms with van der Waals surface area (Å²) in [5, 5.41) is 0. The van der Waals surface area contributed by atoms with Gasteiger partial charge >= 0.3 is 0 Å². The molecule has 1 atom stereocenters. The lowest BCUT2D eigenvalue weighted by atomic mass is 9.84. The Bertz CT molecular complexity index is 174. The molecule has 0 bridgehead atoms. The van der Waals surface area contributed by atoms with Crippen molar-refractivity contribution in [3.8, 4) is 0 Å². The molecule has 0 amide bonds. The van der Waals surface area contributed by atoms with Crippen molar-refractivity contribution in [2.24, 2.45) is 11.8 Å². The summed E-state index contributed by atoms with van der Waals surface area (Å²) >= 11 is 0. The Kier molecular flexibility index (Phi) is 6.37. The molecule has 0 N–H and O–H groups in total. The van der Waals surface area contributed by atoms with Crippen LogP contribution in [0, 0.1) is 11.8 Å². The van der Waals surface area contributed by atoms with Crippen molar-refractivity contribution in [3.63, 3.8) is 0 Å². The van der Waals surface area contributed by atoms with Gasteiger partial charge in [-0.3, -0.25) is 0 Å². The fraction of sp³-hybridized carbons (Fsp3) is 1.00. The second kappa shape index (κ2) is 7.29. The first kappa shape index (κ1) is 14.0. The second-order valence-corrected chi connectivity index (χ2v) is 5.08. The molecule has 2 aliphatic rings. The average Bonchev–Trinajstić information content (AvgIpc) is 2.79. The zero-order chi connectivity index (χ0) is 12.0. The molecule has 16 heavy (non-hydrogen) atoms. The molecule has 0 aromatic carbocycles. The van der Waals surface area contributed by atoms with Gasteiger partial charge in [-0.15, -0.1) is 0 Å². The first-order valence-electron chi connectivity index (χ1n) is 7.20. The molecular formula is C14H30N2. The molecule has 1 unspecified atom stereocenters. The molecular weight excluding hydrogens is 196 g/mol. The van der Waals surface area contributed by atoms with Gasteiger partial charge in [0.25, 0.3) is 0 Å². The van der Waals surface area contributed by atoms with Crippen LogP contribution in [-0.2, 0) is 0 Å². The van der Waals surface area contributed by atoms with E-state index in [9.17, 15) is 0 Å². The topological polar surface area (TPSA) is 6.48 Å². The average molecular weight is 226 g/mol. The Morgan fingerprint density at radius 1 is 0.938 bits per heavy atom. The summed E-state index contributed by atoms with van der Waals surface area (Å²) in [4.78, 5) is 5.09. The fourth-order valence-electron chi connectivity index (χ4n) is 3.09. The number of piperidine rings is 1.